The van der Waals surface area contributed by atoms with Crippen molar-refractivity contribution in [3.63, 3.8) is 0 Å². The Morgan fingerprint density at radius 1 is 1.26 bits per heavy atom. The van der Waals surface area contributed by atoms with Crippen molar-refractivity contribution in [2.24, 2.45) is 0 Å². The van der Waals surface area contributed by atoms with E-state index in [1.54, 1.807) is 30.1 Å². The molecule has 1 aliphatic heterocycles. The van der Waals surface area contributed by atoms with Crippen LogP contribution in [-0.2, 0) is 13.0 Å². The van der Waals surface area contributed by atoms with Crippen LogP contribution in [0.2, 0.25) is 0 Å². The standard InChI is InChI=1S/C20H19FN4O2/c1-24(12-16-10-14-6-3-5-9-19(14)27-16)20(26)18-13-25(23-22-18)11-15-7-2-4-8-17(15)21/h2-9,13,16H,10-12H2,1H3/t16-/m0/s1. The van der Waals surface area contributed by atoms with Crippen molar-refractivity contribution in [2.45, 2.75) is 19.1 Å². The summed E-state index contributed by atoms with van der Waals surface area (Å²) in [6.07, 6.45) is 2.23. The zero-order valence-corrected chi connectivity index (χ0v) is 14.9. The number of aromatic nitrogens is 3. The van der Waals surface area contributed by atoms with Gasteiger partial charge in [0.25, 0.3) is 5.91 Å². The fraction of sp³-hybridized carbons (Fsp3) is 0.250. The van der Waals surface area contributed by atoms with Gasteiger partial charge in [-0.2, -0.15) is 0 Å². The zero-order valence-electron chi connectivity index (χ0n) is 14.9. The largest absolute Gasteiger partial charge is 0.488 e. The van der Waals surface area contributed by atoms with Crippen LogP contribution in [0.3, 0.4) is 0 Å². The van der Waals surface area contributed by atoms with E-state index in [2.05, 4.69) is 10.3 Å². The fourth-order valence-corrected chi connectivity index (χ4v) is 3.21. The highest BCUT2D eigenvalue weighted by atomic mass is 19.1. The predicted octanol–water partition coefficient (Wildman–Crippen LogP) is 2.54. The van der Waals surface area contributed by atoms with Gasteiger partial charge in [-0.25, -0.2) is 9.07 Å². The highest BCUT2D eigenvalue weighted by Gasteiger charge is 2.26. The van der Waals surface area contributed by atoms with Crippen molar-refractivity contribution >= 4 is 5.91 Å². The Labute approximate surface area is 156 Å². The van der Waals surface area contributed by atoms with Crippen LogP contribution in [0.25, 0.3) is 0 Å². The number of likely N-dealkylation sites (N-methyl/N-ethyl adjacent to an activating group) is 1. The number of halogens is 1. The molecular weight excluding hydrogens is 347 g/mol. The lowest BCUT2D eigenvalue weighted by molar-refractivity contribution is 0.0724. The van der Waals surface area contributed by atoms with Crippen LogP contribution >= 0.6 is 0 Å². The van der Waals surface area contributed by atoms with Gasteiger partial charge in [0.15, 0.2) is 5.69 Å². The third-order valence-corrected chi connectivity index (χ3v) is 4.59. The Morgan fingerprint density at radius 3 is 2.85 bits per heavy atom. The SMILES string of the molecule is CN(C[C@@H]1Cc2ccccc2O1)C(=O)c1cn(Cc2ccccc2F)nn1. The maximum absolute atomic E-state index is 13.8. The van der Waals surface area contributed by atoms with Gasteiger partial charge in [0.05, 0.1) is 19.3 Å². The maximum Gasteiger partial charge on any atom is 0.275 e. The van der Waals surface area contributed by atoms with E-state index < -0.39 is 0 Å². The molecule has 2 heterocycles. The minimum absolute atomic E-state index is 0.0789. The van der Waals surface area contributed by atoms with E-state index in [0.29, 0.717) is 12.1 Å². The number of hydrogen-bond acceptors (Lipinski definition) is 4. The van der Waals surface area contributed by atoms with E-state index in [4.69, 9.17) is 4.74 Å². The average Bonchev–Trinajstić information content (AvgIpc) is 3.29. The zero-order chi connectivity index (χ0) is 18.8. The summed E-state index contributed by atoms with van der Waals surface area (Å²) < 4.78 is 21.1. The fourth-order valence-electron chi connectivity index (χ4n) is 3.21. The molecule has 0 bridgehead atoms. The average molecular weight is 366 g/mol. The molecule has 0 radical (unpaired) electrons. The monoisotopic (exact) mass is 366 g/mol. The van der Waals surface area contributed by atoms with Crippen molar-refractivity contribution < 1.29 is 13.9 Å². The third kappa shape index (κ3) is 3.67. The molecule has 1 atom stereocenters. The maximum atomic E-state index is 13.8. The van der Waals surface area contributed by atoms with E-state index in [1.165, 1.54) is 16.9 Å². The second-order valence-electron chi connectivity index (χ2n) is 6.63. The summed E-state index contributed by atoms with van der Waals surface area (Å²) >= 11 is 0. The summed E-state index contributed by atoms with van der Waals surface area (Å²) in [4.78, 5) is 14.2. The van der Waals surface area contributed by atoms with Gasteiger partial charge in [0, 0.05) is 19.0 Å². The van der Waals surface area contributed by atoms with Crippen LogP contribution in [0.15, 0.2) is 54.7 Å². The Bertz CT molecular complexity index is 947. The molecule has 27 heavy (non-hydrogen) atoms. The molecule has 2 aromatic carbocycles. The van der Waals surface area contributed by atoms with Crippen molar-refractivity contribution in [3.05, 3.63) is 77.4 Å². The molecule has 138 valence electrons. The normalized spacial score (nSPS) is 15.3. The summed E-state index contributed by atoms with van der Waals surface area (Å²) in [5.74, 6) is 0.324. The number of amides is 1. The van der Waals surface area contributed by atoms with Gasteiger partial charge in [0.1, 0.15) is 17.7 Å². The molecule has 4 rings (SSSR count). The summed E-state index contributed by atoms with van der Waals surface area (Å²) in [6.45, 7) is 0.672. The van der Waals surface area contributed by atoms with Crippen LogP contribution in [0.1, 0.15) is 21.6 Å². The van der Waals surface area contributed by atoms with Gasteiger partial charge >= 0.3 is 0 Å². The van der Waals surface area contributed by atoms with Crippen LogP contribution in [0.4, 0.5) is 4.39 Å². The Morgan fingerprint density at radius 2 is 2.04 bits per heavy atom. The smallest absolute Gasteiger partial charge is 0.275 e. The number of fused-ring (bicyclic) bond motifs is 1. The number of hydrogen-bond donors (Lipinski definition) is 0. The minimum atomic E-state index is -0.309. The summed E-state index contributed by atoms with van der Waals surface area (Å²) in [6, 6.07) is 14.3. The highest BCUT2D eigenvalue weighted by molar-refractivity contribution is 5.91. The lowest BCUT2D eigenvalue weighted by Gasteiger charge is -2.20. The summed E-state index contributed by atoms with van der Waals surface area (Å²) in [5, 5.41) is 7.88. The molecule has 0 unspecified atom stereocenters. The first-order valence-corrected chi connectivity index (χ1v) is 8.73. The lowest BCUT2D eigenvalue weighted by Crippen LogP contribution is -2.36. The number of benzene rings is 2. The highest BCUT2D eigenvalue weighted by Crippen LogP contribution is 2.28. The number of rotatable bonds is 5. The van der Waals surface area contributed by atoms with Crippen LogP contribution in [0.5, 0.6) is 5.75 Å². The molecular formula is C20H19FN4O2. The molecule has 1 aliphatic rings. The van der Waals surface area contributed by atoms with Gasteiger partial charge < -0.3 is 9.64 Å². The topological polar surface area (TPSA) is 60.2 Å². The molecule has 7 heteroatoms. The summed E-state index contributed by atoms with van der Waals surface area (Å²) in [5.41, 5.74) is 1.87. The molecule has 0 saturated carbocycles. The van der Waals surface area contributed by atoms with Crippen molar-refractivity contribution in [3.8, 4) is 5.75 Å². The Kier molecular flexibility index (Phi) is 4.58. The lowest BCUT2D eigenvalue weighted by atomic mass is 10.1. The molecule has 1 aromatic heterocycles. The molecule has 3 aromatic rings. The van der Waals surface area contributed by atoms with Gasteiger partial charge in [-0.05, 0) is 17.7 Å². The second kappa shape index (κ2) is 7.19. The van der Waals surface area contributed by atoms with Gasteiger partial charge in [0.2, 0.25) is 0 Å². The first-order chi connectivity index (χ1) is 13.1. The van der Waals surface area contributed by atoms with Gasteiger partial charge in [-0.1, -0.05) is 41.6 Å². The summed E-state index contributed by atoms with van der Waals surface area (Å²) in [7, 11) is 1.71. The number of ether oxygens (including phenoxy) is 1. The first-order valence-electron chi connectivity index (χ1n) is 8.73. The predicted molar refractivity (Wildman–Crippen MR) is 97.0 cm³/mol. The quantitative estimate of drug-likeness (QED) is 0.696. The molecule has 0 spiro atoms. The second-order valence-corrected chi connectivity index (χ2v) is 6.63. The number of carbonyl (C=O) groups excluding carboxylic acids is 1. The van der Waals surface area contributed by atoms with Crippen LogP contribution in [0, 0.1) is 5.82 Å². The Balaban J connectivity index is 1.38. The van der Waals surface area contributed by atoms with Gasteiger partial charge in [-0.3, -0.25) is 4.79 Å². The molecule has 0 N–H and O–H groups in total. The van der Waals surface area contributed by atoms with Crippen molar-refractivity contribution in [1.29, 1.82) is 0 Å². The molecule has 6 nitrogen and oxygen atoms in total. The van der Waals surface area contributed by atoms with Crippen molar-refractivity contribution in [2.75, 3.05) is 13.6 Å². The molecule has 1 amide bonds. The number of carbonyl (C=O) groups is 1. The van der Waals surface area contributed by atoms with E-state index in [1.807, 2.05) is 24.3 Å². The van der Waals surface area contributed by atoms with Gasteiger partial charge in [-0.15, -0.1) is 5.10 Å². The van der Waals surface area contributed by atoms with E-state index >= 15 is 0 Å². The van der Waals surface area contributed by atoms with E-state index in [0.717, 1.165) is 17.7 Å². The Hall–Kier alpha value is -3.22. The third-order valence-electron chi connectivity index (χ3n) is 4.59. The first kappa shape index (κ1) is 17.2. The van der Waals surface area contributed by atoms with Crippen LogP contribution in [-0.4, -0.2) is 45.5 Å². The molecule has 0 saturated heterocycles. The molecule has 0 aliphatic carbocycles. The molecule has 0 fully saturated rings. The van der Waals surface area contributed by atoms with Crippen molar-refractivity contribution in [1.82, 2.24) is 19.9 Å². The number of para-hydroxylation sites is 1. The van der Waals surface area contributed by atoms with E-state index in [9.17, 15) is 9.18 Å². The van der Waals surface area contributed by atoms with E-state index in [-0.39, 0.29) is 30.1 Å². The van der Waals surface area contributed by atoms with Crippen LogP contribution < -0.4 is 4.74 Å². The minimum Gasteiger partial charge on any atom is -0.488 e. The number of nitrogens with zero attached hydrogens (tertiary/aromatic N) is 4.